The summed E-state index contributed by atoms with van der Waals surface area (Å²) in [7, 11) is 1.72. The molecule has 1 N–H and O–H groups in total. The largest absolute Gasteiger partial charge is 0.497 e. The van der Waals surface area contributed by atoms with Crippen LogP contribution in [0.5, 0.6) is 5.75 Å². The third-order valence-corrected chi connectivity index (χ3v) is 4.89. The molecular weight excluding hydrogens is 274 g/mol. The third kappa shape index (κ3) is 2.13. The van der Waals surface area contributed by atoms with Crippen molar-refractivity contribution in [3.05, 3.63) is 65.2 Å². The number of hydrogen-bond donors (Lipinski definition) is 1. The van der Waals surface area contributed by atoms with E-state index in [1.807, 2.05) is 12.1 Å². The lowest BCUT2D eigenvalue weighted by Gasteiger charge is -2.35. The summed E-state index contributed by atoms with van der Waals surface area (Å²) in [6, 6.07) is 16.9. The molecule has 0 saturated carbocycles. The van der Waals surface area contributed by atoms with Crippen LogP contribution in [-0.2, 0) is 10.3 Å². The second kappa shape index (κ2) is 5.41. The number of fused-ring (bicyclic) bond motifs is 2. The van der Waals surface area contributed by atoms with Crippen molar-refractivity contribution in [3.8, 4) is 5.75 Å². The molecule has 3 heteroatoms. The van der Waals surface area contributed by atoms with E-state index in [0.717, 1.165) is 31.7 Å². The lowest BCUT2D eigenvalue weighted by atomic mass is 9.83. The van der Waals surface area contributed by atoms with E-state index in [4.69, 9.17) is 9.47 Å². The van der Waals surface area contributed by atoms with Crippen molar-refractivity contribution >= 4 is 0 Å². The molecule has 0 bridgehead atoms. The zero-order valence-electron chi connectivity index (χ0n) is 12.8. The van der Waals surface area contributed by atoms with Gasteiger partial charge in [-0.3, -0.25) is 0 Å². The van der Waals surface area contributed by atoms with Gasteiger partial charge in [0.25, 0.3) is 0 Å². The maximum absolute atomic E-state index is 6.65. The predicted molar refractivity (Wildman–Crippen MR) is 86.1 cm³/mol. The second-order valence-electron chi connectivity index (χ2n) is 6.11. The standard InChI is InChI=1S/C19H21NO2/c1-21-15-7-8-16-17(13-15)19(9-11-20-12-10-19)22-18(16)14-5-3-2-4-6-14/h2-8,13,18,20H,9-12H2,1H3. The van der Waals surface area contributed by atoms with Gasteiger partial charge in [0, 0.05) is 0 Å². The average molecular weight is 295 g/mol. The van der Waals surface area contributed by atoms with E-state index in [1.54, 1.807) is 7.11 Å². The first-order chi connectivity index (χ1) is 10.8. The number of ether oxygens (including phenoxy) is 2. The molecule has 0 aromatic heterocycles. The van der Waals surface area contributed by atoms with Crippen molar-refractivity contribution in [3.63, 3.8) is 0 Å². The molecule has 1 saturated heterocycles. The normalized spacial score (nSPS) is 22.5. The molecule has 2 aromatic rings. The minimum atomic E-state index is -0.171. The molecule has 22 heavy (non-hydrogen) atoms. The molecule has 0 aliphatic carbocycles. The monoisotopic (exact) mass is 295 g/mol. The molecule has 0 amide bonds. The Morgan fingerprint density at radius 1 is 1.09 bits per heavy atom. The van der Waals surface area contributed by atoms with E-state index < -0.39 is 0 Å². The topological polar surface area (TPSA) is 30.5 Å². The number of rotatable bonds is 2. The summed E-state index contributed by atoms with van der Waals surface area (Å²) in [4.78, 5) is 0. The Kier molecular flexibility index (Phi) is 3.40. The lowest BCUT2D eigenvalue weighted by Crippen LogP contribution is -2.39. The molecule has 2 heterocycles. The second-order valence-corrected chi connectivity index (χ2v) is 6.11. The highest BCUT2D eigenvalue weighted by atomic mass is 16.5. The van der Waals surface area contributed by atoms with Gasteiger partial charge >= 0.3 is 0 Å². The van der Waals surface area contributed by atoms with Crippen LogP contribution in [0, 0.1) is 0 Å². The summed E-state index contributed by atoms with van der Waals surface area (Å²) in [5.74, 6) is 0.911. The van der Waals surface area contributed by atoms with Crippen LogP contribution in [0.25, 0.3) is 0 Å². The Balaban J connectivity index is 1.82. The van der Waals surface area contributed by atoms with Gasteiger partial charge in [0.05, 0.1) is 12.7 Å². The number of hydrogen-bond acceptors (Lipinski definition) is 3. The Bertz CT molecular complexity index is 662. The Hall–Kier alpha value is -1.84. The number of piperidine rings is 1. The molecule has 1 spiro atoms. The summed E-state index contributed by atoms with van der Waals surface area (Å²) in [6.45, 7) is 2.00. The van der Waals surface area contributed by atoms with Gasteiger partial charge in [-0.25, -0.2) is 0 Å². The van der Waals surface area contributed by atoms with Gasteiger partial charge in [-0.1, -0.05) is 36.4 Å². The minimum Gasteiger partial charge on any atom is -0.497 e. The molecule has 1 unspecified atom stereocenters. The zero-order chi connectivity index (χ0) is 15.0. The lowest BCUT2D eigenvalue weighted by molar-refractivity contribution is -0.0799. The molecule has 3 nitrogen and oxygen atoms in total. The summed E-state index contributed by atoms with van der Waals surface area (Å²) in [6.07, 6.45) is 2.05. The molecule has 1 atom stereocenters. The Morgan fingerprint density at radius 2 is 1.86 bits per heavy atom. The van der Waals surface area contributed by atoms with Crippen LogP contribution in [0.15, 0.2) is 48.5 Å². The molecule has 2 aromatic carbocycles. The maximum atomic E-state index is 6.65. The number of nitrogens with one attached hydrogen (secondary N) is 1. The van der Waals surface area contributed by atoms with Gasteiger partial charge in [0.15, 0.2) is 0 Å². The van der Waals surface area contributed by atoms with E-state index in [1.165, 1.54) is 16.7 Å². The molecule has 2 aliphatic heterocycles. The van der Waals surface area contributed by atoms with Crippen molar-refractivity contribution in [1.29, 1.82) is 0 Å². The van der Waals surface area contributed by atoms with E-state index in [2.05, 4.69) is 41.7 Å². The first-order valence-electron chi connectivity index (χ1n) is 7.94. The minimum absolute atomic E-state index is 0.0280. The van der Waals surface area contributed by atoms with E-state index in [-0.39, 0.29) is 11.7 Å². The van der Waals surface area contributed by atoms with Crippen LogP contribution in [0.2, 0.25) is 0 Å². The number of methoxy groups -OCH3 is 1. The van der Waals surface area contributed by atoms with Crippen LogP contribution in [0.3, 0.4) is 0 Å². The summed E-state index contributed by atoms with van der Waals surface area (Å²) < 4.78 is 12.1. The van der Waals surface area contributed by atoms with Crippen LogP contribution in [0.4, 0.5) is 0 Å². The third-order valence-electron chi connectivity index (χ3n) is 4.89. The molecular formula is C19H21NO2. The van der Waals surface area contributed by atoms with Crippen LogP contribution in [-0.4, -0.2) is 20.2 Å². The van der Waals surface area contributed by atoms with Crippen LogP contribution < -0.4 is 10.1 Å². The van der Waals surface area contributed by atoms with Gasteiger partial charge in [0.2, 0.25) is 0 Å². The van der Waals surface area contributed by atoms with Crippen molar-refractivity contribution in [2.24, 2.45) is 0 Å². The fourth-order valence-electron chi connectivity index (χ4n) is 3.73. The Labute approximate surface area is 131 Å². The summed E-state index contributed by atoms with van der Waals surface area (Å²) in [5, 5.41) is 3.44. The predicted octanol–water partition coefficient (Wildman–Crippen LogP) is 3.39. The molecule has 1 fully saturated rings. The van der Waals surface area contributed by atoms with Gasteiger partial charge < -0.3 is 14.8 Å². The quantitative estimate of drug-likeness (QED) is 0.921. The van der Waals surface area contributed by atoms with Crippen LogP contribution in [0.1, 0.15) is 35.6 Å². The first kappa shape index (κ1) is 13.8. The molecule has 4 rings (SSSR count). The van der Waals surface area contributed by atoms with Gasteiger partial charge in [-0.2, -0.15) is 0 Å². The fraction of sp³-hybridized carbons (Fsp3) is 0.368. The molecule has 0 radical (unpaired) electrons. The zero-order valence-corrected chi connectivity index (χ0v) is 12.8. The summed E-state index contributed by atoms with van der Waals surface area (Å²) >= 11 is 0. The van der Waals surface area contributed by atoms with Crippen molar-refractivity contribution in [2.75, 3.05) is 20.2 Å². The SMILES string of the molecule is COc1ccc2c(c1)C1(CCNCC1)OC2c1ccccc1. The summed E-state index contributed by atoms with van der Waals surface area (Å²) in [5.41, 5.74) is 3.65. The molecule has 114 valence electrons. The van der Waals surface area contributed by atoms with Crippen molar-refractivity contribution in [1.82, 2.24) is 5.32 Å². The first-order valence-corrected chi connectivity index (χ1v) is 7.94. The van der Waals surface area contributed by atoms with Gasteiger partial charge in [-0.05, 0) is 54.8 Å². The van der Waals surface area contributed by atoms with E-state index in [9.17, 15) is 0 Å². The van der Waals surface area contributed by atoms with Crippen molar-refractivity contribution < 1.29 is 9.47 Å². The highest BCUT2D eigenvalue weighted by Crippen LogP contribution is 2.51. The Morgan fingerprint density at radius 3 is 2.59 bits per heavy atom. The van der Waals surface area contributed by atoms with E-state index in [0.29, 0.717) is 0 Å². The van der Waals surface area contributed by atoms with Crippen molar-refractivity contribution in [2.45, 2.75) is 24.5 Å². The van der Waals surface area contributed by atoms with Gasteiger partial charge in [0.1, 0.15) is 11.9 Å². The molecule has 2 aliphatic rings. The number of benzene rings is 2. The highest BCUT2D eigenvalue weighted by Gasteiger charge is 2.46. The van der Waals surface area contributed by atoms with E-state index >= 15 is 0 Å². The maximum Gasteiger partial charge on any atom is 0.119 e. The highest BCUT2D eigenvalue weighted by molar-refractivity contribution is 5.47. The van der Waals surface area contributed by atoms with Crippen LogP contribution >= 0.6 is 0 Å². The van der Waals surface area contributed by atoms with Gasteiger partial charge in [-0.15, -0.1) is 0 Å². The average Bonchev–Trinajstić information content (AvgIpc) is 2.90. The smallest absolute Gasteiger partial charge is 0.119 e. The fourth-order valence-corrected chi connectivity index (χ4v) is 3.73.